The minimum absolute atomic E-state index is 0. The molecule has 0 radical (unpaired) electrons. The lowest BCUT2D eigenvalue weighted by atomic mass is 9.44. The highest BCUT2D eigenvalue weighted by atomic mass is 16.4. The third-order valence-electron chi connectivity index (χ3n) is 39.6. The first-order valence-corrected chi connectivity index (χ1v) is 46.2. The van der Waals surface area contributed by atoms with Crippen LogP contribution in [0.1, 0.15) is 407 Å². The van der Waals surface area contributed by atoms with E-state index in [-0.39, 0.29) is 60.6 Å². The van der Waals surface area contributed by atoms with Crippen LogP contribution < -0.4 is 0 Å². The molecule has 0 unspecified atom stereocenters. The Labute approximate surface area is 681 Å². The SMILES string of the molecule is C.CC(=O)CC[C@@H](C)[C@H]1CC[C@H]2[C@@H]3CC[C@@H]4C[C@@H](O)CC[C@]4(C)[C@H]3CC[C@]12C.[2H]C1([2H])C[C@@]2(C)[C@H](CC[C@@H]3[C@@H]2CC[C@]2(C)[C@@H]([C@H](C)CCC(C)=O)CC[C@@H]32)C([2H])([2H])[C@@]1([2H])O.[2H]C1([2H])C[C@@]2(C)[C@H](CC[C@@H]3[C@@H]2CC[C@]2(C)[C@@H]([C@H](C)CCC(C)=O)CC[C@@H]32)C([2H])([2H])[C@H]1O.[2H][C@]1(O)CC[C@@]2(C)[C@H](CC[C@@H]3[C@@H]2CC[C@]2(C)[C@@H]([C@H](C)CCC(=O)O)CC[C@@H]32)C1. The van der Waals surface area contributed by atoms with Crippen molar-refractivity contribution in [2.45, 2.75) is 418 Å². The van der Waals surface area contributed by atoms with Crippen LogP contribution in [0.15, 0.2) is 0 Å². The van der Waals surface area contributed by atoms with E-state index in [2.05, 4.69) is 83.1 Å². The van der Waals surface area contributed by atoms with Crippen molar-refractivity contribution in [2.75, 3.05) is 0 Å². The summed E-state index contributed by atoms with van der Waals surface area (Å²) in [7, 11) is 0. The molecule has 16 aliphatic rings. The second kappa shape index (κ2) is 34.0. The summed E-state index contributed by atoms with van der Waals surface area (Å²) in [5.41, 5.74) is 1.28. The molecule has 0 heterocycles. The van der Waals surface area contributed by atoms with Crippen molar-refractivity contribution < 1.29 is 58.4 Å². The fourth-order valence-corrected chi connectivity index (χ4v) is 33.6. The van der Waals surface area contributed by atoms with Gasteiger partial charge in [-0.15, -0.1) is 0 Å². The first-order valence-electron chi connectivity index (χ1n) is 51.2. The van der Waals surface area contributed by atoms with Crippen LogP contribution in [-0.2, 0) is 19.2 Å². The van der Waals surface area contributed by atoms with Crippen LogP contribution in [0, 0.1) is 185 Å². The second-order valence-electron chi connectivity index (χ2n) is 44.3. The summed E-state index contributed by atoms with van der Waals surface area (Å²) in [5.74, 6) is 13.6. The van der Waals surface area contributed by atoms with Gasteiger partial charge in [0.2, 0.25) is 0 Å². The van der Waals surface area contributed by atoms with Crippen molar-refractivity contribution in [3.63, 3.8) is 0 Å². The normalized spacial score (nSPS) is 54.5. The molecule has 109 heavy (non-hydrogen) atoms. The summed E-state index contributed by atoms with van der Waals surface area (Å²) in [6.07, 6.45) is 26.9. The molecule has 5 N–H and O–H groups in total. The highest BCUT2D eigenvalue weighted by Crippen LogP contribution is 2.74. The molecule has 0 spiro atoms. The van der Waals surface area contributed by atoms with Gasteiger partial charge in [0.15, 0.2) is 0 Å². The van der Waals surface area contributed by atoms with Crippen molar-refractivity contribution in [3.05, 3.63) is 0 Å². The Kier molecular flexibility index (Phi) is 23.0. The van der Waals surface area contributed by atoms with Gasteiger partial charge in [0.1, 0.15) is 17.3 Å². The Bertz CT molecular complexity index is 3590. The fourth-order valence-electron chi connectivity index (χ4n) is 33.6. The van der Waals surface area contributed by atoms with Crippen molar-refractivity contribution in [2.24, 2.45) is 185 Å². The number of fused-ring (bicyclic) bond motifs is 20. The average Bonchev–Trinajstić information content (AvgIpc) is 1.48. The largest absolute Gasteiger partial charge is 0.481 e. The predicted molar refractivity (Wildman–Crippen MR) is 445 cm³/mol. The van der Waals surface area contributed by atoms with Gasteiger partial charge in [-0.05, 0) is 463 Å². The smallest absolute Gasteiger partial charge is 0.303 e. The monoisotopic (exact) mass is 1530 g/mol. The zero-order valence-electron chi connectivity index (χ0n) is 81.2. The van der Waals surface area contributed by atoms with Crippen molar-refractivity contribution in [3.8, 4) is 0 Å². The average molecular weight is 1530 g/mol. The van der Waals surface area contributed by atoms with Gasteiger partial charge in [-0.25, -0.2) is 0 Å². The maximum absolute atomic E-state index is 11.5. The molecule has 0 aliphatic heterocycles. The van der Waals surface area contributed by atoms with E-state index in [0.29, 0.717) is 143 Å². The first-order chi connectivity index (χ1) is 54.7. The molecule has 16 fully saturated rings. The number of aliphatic carboxylic acids is 1. The third-order valence-corrected chi connectivity index (χ3v) is 39.6. The molecule has 0 aromatic rings. The van der Waals surface area contributed by atoms with E-state index in [1.807, 2.05) is 0 Å². The van der Waals surface area contributed by atoms with Gasteiger partial charge in [-0.1, -0.05) is 90.5 Å². The number of rotatable bonds is 16. The molecule has 0 aromatic carbocycles. The van der Waals surface area contributed by atoms with Gasteiger partial charge >= 0.3 is 5.97 Å². The molecule has 16 saturated carbocycles. The number of aliphatic hydroxyl groups excluding tert-OH is 2. The minimum atomic E-state index is -2.72. The maximum Gasteiger partial charge on any atom is 0.303 e. The third kappa shape index (κ3) is 16.3. The Morgan fingerprint density at radius 2 is 0.624 bits per heavy atom. The van der Waals surface area contributed by atoms with E-state index in [1.54, 1.807) is 20.8 Å². The lowest BCUT2D eigenvalue weighted by Crippen LogP contribution is -2.54. The van der Waals surface area contributed by atoms with Gasteiger partial charge in [-0.2, -0.15) is 0 Å². The van der Waals surface area contributed by atoms with Crippen LogP contribution in [0.3, 0.4) is 0 Å². The summed E-state index contributed by atoms with van der Waals surface area (Å²) in [4.78, 5) is 45.6. The number of carboxylic acid groups (broad SMARTS) is 1. The van der Waals surface area contributed by atoms with Crippen molar-refractivity contribution in [1.82, 2.24) is 0 Å². The molecule has 36 atom stereocenters. The standard InChI is InChI=1S/3C25H42O2.C24H40O3.CH4/c3*1-16(5-6-17(2)26)21-9-10-22-20-8-7-18-15-19(27)11-13-24(18,3)23(20)12-14-25(21,22)4;1-15(4-9-22(26)27)19-7-8-20-18-6-5-16-14-17(25)10-12-23(16,2)21(18)11-13-24(19,20)3;/h3*16,18-23,27H,5-15H2,1-4H3;15-21,25H,4-14H2,1-3H3,(H,26,27);1H4/t3*16-,18-,19+,20+,21-,22+,23+,24+,25-;15-,16-,17+,18+,19-,20+,21+,23+,24-;/m1111./s1/i11D2,15D2,19D;11D2,15D2;;17D;. The Morgan fingerprint density at radius 1 is 0.330 bits per heavy atom. The molecule has 16 aliphatic carbocycles. The van der Waals surface area contributed by atoms with E-state index in [9.17, 15) is 39.6 Å². The molecule has 0 bridgehead atoms. The van der Waals surface area contributed by atoms with Gasteiger partial charge in [-0.3, -0.25) is 4.79 Å². The lowest BCUT2D eigenvalue weighted by Gasteiger charge is -2.61. The number of ketones is 3. The fraction of sp³-hybridized carbons (Fsp3) is 0.960. The molecule has 9 nitrogen and oxygen atoms in total. The number of hydrogen-bond acceptors (Lipinski definition) is 8. The quantitative estimate of drug-likeness (QED) is 0.101. The topological polar surface area (TPSA) is 169 Å². The van der Waals surface area contributed by atoms with Crippen LogP contribution in [0.25, 0.3) is 0 Å². The van der Waals surface area contributed by atoms with Crippen molar-refractivity contribution >= 4 is 23.3 Å². The zero-order chi connectivity index (χ0) is 86.6. The number of hydrogen-bond donors (Lipinski definition) is 5. The zero-order valence-corrected chi connectivity index (χ0v) is 71.2. The summed E-state index contributed by atoms with van der Waals surface area (Å²) >= 11 is 0. The molecule has 624 valence electrons. The predicted octanol–water partition coefficient (Wildman–Crippen LogP) is 24.2. The number of carboxylic acids is 1. The Morgan fingerprint density at radius 3 is 0.982 bits per heavy atom. The maximum atomic E-state index is 11.5. The minimum Gasteiger partial charge on any atom is -0.481 e. The summed E-state index contributed by atoms with van der Waals surface area (Å²) < 4.78 is 84.8. The van der Waals surface area contributed by atoms with Crippen LogP contribution in [0.5, 0.6) is 0 Å². The molecule has 0 amide bonds. The summed E-state index contributed by atoms with van der Waals surface area (Å²) in [5, 5.41) is 50.8. The molecular weight excluding hydrogens is 1350 g/mol. The number of carbonyl (C=O) groups is 4. The van der Waals surface area contributed by atoms with Crippen LogP contribution in [0.2, 0.25) is 0 Å². The van der Waals surface area contributed by atoms with Gasteiger partial charge < -0.3 is 39.9 Å². The van der Waals surface area contributed by atoms with Crippen LogP contribution in [0.4, 0.5) is 0 Å². The lowest BCUT2D eigenvalue weighted by molar-refractivity contribution is -0.138. The van der Waals surface area contributed by atoms with Gasteiger partial charge in [0.25, 0.3) is 0 Å². The first kappa shape index (κ1) is 73.7. The molecule has 0 saturated heterocycles. The molecule has 9 heteroatoms. The van der Waals surface area contributed by atoms with E-state index < -0.39 is 66.5 Å². The number of carbonyl (C=O) groups excluding carboxylic acids is 3. The van der Waals surface area contributed by atoms with Crippen LogP contribution in [-0.4, -0.2) is 73.2 Å². The van der Waals surface area contributed by atoms with E-state index in [1.165, 1.54) is 109 Å². The molecule has 0 aromatic heterocycles. The van der Waals surface area contributed by atoms with E-state index in [4.69, 9.17) is 18.8 Å². The summed E-state index contributed by atoms with van der Waals surface area (Å²) in [6, 6.07) is 0. The number of Topliss-reactive ketones (excluding diaryl/α,β-unsaturated/α-hetero) is 3. The molecule has 16 rings (SSSR count). The highest BCUT2D eigenvalue weighted by molar-refractivity contribution is 5.76. The second-order valence-corrected chi connectivity index (χ2v) is 44.3. The van der Waals surface area contributed by atoms with Crippen molar-refractivity contribution in [1.29, 1.82) is 0 Å². The Balaban J connectivity index is 0.000000146. The van der Waals surface area contributed by atoms with Crippen LogP contribution >= 0.6 is 0 Å². The highest BCUT2D eigenvalue weighted by Gasteiger charge is 2.66. The Hall–Kier alpha value is -1.68. The van der Waals surface area contributed by atoms with Gasteiger partial charge in [0.05, 0.1) is 27.1 Å². The number of aliphatic hydroxyl groups is 4. The summed E-state index contributed by atoms with van der Waals surface area (Å²) in [6.45, 7) is 33.8. The van der Waals surface area contributed by atoms with Gasteiger partial charge in [0, 0.05) is 36.6 Å². The molecular formula is C100H170O9. The van der Waals surface area contributed by atoms with E-state index in [0.717, 1.165) is 144 Å². The van der Waals surface area contributed by atoms with E-state index >= 15 is 0 Å².